The Kier molecular flexibility index (Phi) is 4.86. The van der Waals surface area contributed by atoms with Gasteiger partial charge in [0.25, 0.3) is 10.1 Å². The smallest absolute Gasteiger partial charge is 0.264 e. The molecule has 4 saturated carbocycles. The minimum atomic E-state index is -3.45. The SMILES string of the molecule is CC(=O)C1CCC2C3CCC4C[C@H](OS(C)(=O)=O)CCC4(C)C3C(=O)CC12C. The van der Waals surface area contributed by atoms with E-state index in [9.17, 15) is 18.0 Å². The van der Waals surface area contributed by atoms with Crippen molar-refractivity contribution in [2.45, 2.75) is 78.2 Å². The lowest BCUT2D eigenvalue weighted by atomic mass is 9.44. The summed E-state index contributed by atoms with van der Waals surface area (Å²) in [7, 11) is -3.45. The van der Waals surface area contributed by atoms with E-state index in [1.54, 1.807) is 6.92 Å². The van der Waals surface area contributed by atoms with Gasteiger partial charge >= 0.3 is 0 Å². The molecule has 0 aromatic rings. The molecule has 28 heavy (non-hydrogen) atoms. The zero-order valence-corrected chi connectivity index (χ0v) is 18.4. The van der Waals surface area contributed by atoms with Crippen LogP contribution in [0.15, 0.2) is 0 Å². The van der Waals surface area contributed by atoms with Crippen LogP contribution < -0.4 is 0 Å². The molecule has 0 radical (unpaired) electrons. The highest BCUT2D eigenvalue weighted by Gasteiger charge is 2.63. The molecule has 4 aliphatic carbocycles. The fourth-order valence-corrected chi connectivity index (χ4v) is 8.71. The maximum Gasteiger partial charge on any atom is 0.264 e. The van der Waals surface area contributed by atoms with Crippen LogP contribution in [-0.4, -0.2) is 32.3 Å². The summed E-state index contributed by atoms with van der Waals surface area (Å²) in [5.41, 5.74) is -0.225. The van der Waals surface area contributed by atoms with Gasteiger partial charge in [0.05, 0.1) is 12.4 Å². The van der Waals surface area contributed by atoms with E-state index in [2.05, 4.69) is 13.8 Å². The Hall–Kier alpha value is -0.750. The summed E-state index contributed by atoms with van der Waals surface area (Å²) in [4.78, 5) is 25.7. The zero-order valence-electron chi connectivity index (χ0n) is 17.6. The molecule has 5 nitrogen and oxygen atoms in total. The first-order chi connectivity index (χ1) is 13.0. The molecule has 6 heteroatoms. The molecular formula is C22H34O5S. The predicted octanol–water partition coefficient (Wildman–Crippen LogP) is 3.76. The summed E-state index contributed by atoms with van der Waals surface area (Å²) < 4.78 is 28.4. The molecule has 0 spiro atoms. The molecule has 0 amide bonds. The summed E-state index contributed by atoms with van der Waals surface area (Å²) in [5.74, 6) is 1.88. The van der Waals surface area contributed by atoms with Crippen molar-refractivity contribution in [2.24, 2.45) is 40.4 Å². The lowest BCUT2D eigenvalue weighted by Crippen LogP contribution is -2.58. The highest BCUT2D eigenvalue weighted by atomic mass is 32.2. The summed E-state index contributed by atoms with van der Waals surface area (Å²) in [5, 5.41) is 0. The van der Waals surface area contributed by atoms with Gasteiger partial charge in [-0.2, -0.15) is 8.42 Å². The molecule has 0 saturated heterocycles. The van der Waals surface area contributed by atoms with Crippen LogP contribution in [0.4, 0.5) is 0 Å². The number of carbonyl (C=O) groups is 2. The minimum absolute atomic E-state index is 0.0341. The monoisotopic (exact) mass is 410 g/mol. The Morgan fingerprint density at radius 1 is 1.07 bits per heavy atom. The summed E-state index contributed by atoms with van der Waals surface area (Å²) in [6.45, 7) is 6.15. The van der Waals surface area contributed by atoms with Crippen LogP contribution in [-0.2, 0) is 23.9 Å². The predicted molar refractivity (Wildman–Crippen MR) is 106 cm³/mol. The molecule has 7 unspecified atom stereocenters. The first kappa shape index (κ1) is 20.5. The van der Waals surface area contributed by atoms with E-state index in [0.717, 1.165) is 44.8 Å². The second-order valence-corrected chi connectivity index (χ2v) is 12.2. The molecular weight excluding hydrogens is 376 g/mol. The fourth-order valence-electron chi connectivity index (χ4n) is 8.04. The lowest BCUT2D eigenvalue weighted by Gasteiger charge is -2.59. The number of hydrogen-bond acceptors (Lipinski definition) is 5. The number of fused-ring (bicyclic) bond motifs is 5. The van der Waals surface area contributed by atoms with Gasteiger partial charge in [-0.15, -0.1) is 0 Å². The number of ketones is 2. The first-order valence-corrected chi connectivity index (χ1v) is 12.7. The van der Waals surface area contributed by atoms with Gasteiger partial charge in [-0.05, 0) is 80.5 Å². The molecule has 8 atom stereocenters. The third-order valence-corrected chi connectivity index (χ3v) is 9.72. The molecule has 0 aromatic heterocycles. The van der Waals surface area contributed by atoms with Crippen molar-refractivity contribution in [3.63, 3.8) is 0 Å². The minimum Gasteiger partial charge on any atom is -0.300 e. The average Bonchev–Trinajstić information content (AvgIpc) is 2.90. The van der Waals surface area contributed by atoms with Crippen molar-refractivity contribution in [1.82, 2.24) is 0 Å². The summed E-state index contributed by atoms with van der Waals surface area (Å²) in [6, 6.07) is 0. The van der Waals surface area contributed by atoms with E-state index in [1.807, 2.05) is 0 Å². The van der Waals surface area contributed by atoms with Gasteiger partial charge in [0, 0.05) is 18.3 Å². The van der Waals surface area contributed by atoms with E-state index in [0.29, 0.717) is 36.4 Å². The highest BCUT2D eigenvalue weighted by Crippen LogP contribution is 2.66. The maximum atomic E-state index is 13.5. The number of Topliss-reactive ketones (excluding diaryl/α,β-unsaturated/α-hetero) is 2. The maximum absolute atomic E-state index is 13.5. The van der Waals surface area contributed by atoms with Crippen LogP contribution >= 0.6 is 0 Å². The van der Waals surface area contributed by atoms with E-state index >= 15 is 0 Å². The Morgan fingerprint density at radius 2 is 1.79 bits per heavy atom. The lowest BCUT2D eigenvalue weighted by molar-refractivity contribution is -0.161. The van der Waals surface area contributed by atoms with Crippen molar-refractivity contribution >= 4 is 21.7 Å². The van der Waals surface area contributed by atoms with E-state index in [1.165, 1.54) is 0 Å². The van der Waals surface area contributed by atoms with Crippen molar-refractivity contribution in [2.75, 3.05) is 6.26 Å². The molecule has 0 N–H and O–H groups in total. The largest absolute Gasteiger partial charge is 0.300 e. The van der Waals surface area contributed by atoms with Gasteiger partial charge in [0.1, 0.15) is 11.6 Å². The highest BCUT2D eigenvalue weighted by molar-refractivity contribution is 7.86. The molecule has 0 heterocycles. The topological polar surface area (TPSA) is 77.5 Å². The Morgan fingerprint density at radius 3 is 2.43 bits per heavy atom. The number of hydrogen-bond donors (Lipinski definition) is 0. The third-order valence-electron chi connectivity index (χ3n) is 9.10. The molecule has 4 aliphatic rings. The van der Waals surface area contributed by atoms with Crippen LogP contribution in [0.1, 0.15) is 72.1 Å². The van der Waals surface area contributed by atoms with Crippen LogP contribution in [0, 0.1) is 40.4 Å². The third kappa shape index (κ3) is 3.10. The normalized spacial score (nSPS) is 48.5. The van der Waals surface area contributed by atoms with Crippen LogP contribution in [0.25, 0.3) is 0 Å². The molecule has 4 rings (SSSR count). The van der Waals surface area contributed by atoms with E-state index in [-0.39, 0.29) is 34.6 Å². The molecule has 158 valence electrons. The second kappa shape index (κ2) is 6.63. The number of rotatable bonds is 3. The van der Waals surface area contributed by atoms with Gasteiger partial charge in [-0.1, -0.05) is 13.8 Å². The van der Waals surface area contributed by atoms with Gasteiger partial charge in [0.2, 0.25) is 0 Å². The second-order valence-electron chi connectivity index (χ2n) is 10.6. The quantitative estimate of drug-likeness (QED) is 0.662. The van der Waals surface area contributed by atoms with Gasteiger partial charge in [-0.3, -0.25) is 13.8 Å². The standard InChI is InChI=1S/C22H34O5S/c1-13(23)17-7-8-18-16-6-5-14-11-15(27-28(4,25)26)9-10-21(14,2)20(16)19(24)12-22(17,18)3/h14-18,20H,5-12H2,1-4H3/t14?,15-,16?,17?,18?,20?,21?,22?/m1/s1. The molecule has 0 aromatic carbocycles. The molecule has 0 aliphatic heterocycles. The van der Waals surface area contributed by atoms with Crippen molar-refractivity contribution in [1.29, 1.82) is 0 Å². The number of carbonyl (C=O) groups excluding carboxylic acids is 2. The van der Waals surface area contributed by atoms with Gasteiger partial charge in [0.15, 0.2) is 0 Å². The van der Waals surface area contributed by atoms with E-state index in [4.69, 9.17) is 4.18 Å². The van der Waals surface area contributed by atoms with Crippen molar-refractivity contribution < 1.29 is 22.2 Å². The van der Waals surface area contributed by atoms with Crippen LogP contribution in [0.5, 0.6) is 0 Å². The zero-order chi connectivity index (χ0) is 20.5. The van der Waals surface area contributed by atoms with Crippen molar-refractivity contribution in [3.8, 4) is 0 Å². The first-order valence-electron chi connectivity index (χ1n) is 10.9. The summed E-state index contributed by atoms with van der Waals surface area (Å²) >= 11 is 0. The van der Waals surface area contributed by atoms with E-state index < -0.39 is 10.1 Å². The van der Waals surface area contributed by atoms with Gasteiger partial charge in [-0.25, -0.2) is 0 Å². The van der Waals surface area contributed by atoms with Crippen LogP contribution in [0.2, 0.25) is 0 Å². The van der Waals surface area contributed by atoms with Crippen LogP contribution in [0.3, 0.4) is 0 Å². The fraction of sp³-hybridized carbons (Fsp3) is 0.909. The average molecular weight is 411 g/mol. The Bertz CT molecular complexity index is 789. The Labute approximate surface area is 169 Å². The molecule has 4 fully saturated rings. The molecule has 0 bridgehead atoms. The Balaban J connectivity index is 1.59. The van der Waals surface area contributed by atoms with Crippen molar-refractivity contribution in [3.05, 3.63) is 0 Å². The van der Waals surface area contributed by atoms with Gasteiger partial charge < -0.3 is 0 Å². The summed E-state index contributed by atoms with van der Waals surface area (Å²) in [6.07, 6.45) is 7.74.